The van der Waals surface area contributed by atoms with E-state index in [1.807, 2.05) is 30.1 Å². The fourth-order valence-electron chi connectivity index (χ4n) is 3.26. The van der Waals surface area contributed by atoms with E-state index in [0.717, 1.165) is 49.7 Å². The lowest BCUT2D eigenvalue weighted by Gasteiger charge is -2.32. The molecule has 1 N–H and O–H groups in total. The minimum absolute atomic E-state index is 0. The van der Waals surface area contributed by atoms with Gasteiger partial charge in [-0.3, -0.25) is 4.79 Å². The van der Waals surface area contributed by atoms with Crippen LogP contribution in [0.4, 0.5) is 0 Å². The van der Waals surface area contributed by atoms with Crippen LogP contribution >= 0.6 is 12.4 Å². The zero-order chi connectivity index (χ0) is 17.6. The maximum absolute atomic E-state index is 12.4. The molecule has 1 amide bonds. The zero-order valence-electron chi connectivity index (χ0n) is 16.0. The van der Waals surface area contributed by atoms with Gasteiger partial charge in [0.2, 0.25) is 0 Å². The summed E-state index contributed by atoms with van der Waals surface area (Å²) in [5.41, 5.74) is 1.15. The molecule has 1 fully saturated rings. The maximum atomic E-state index is 12.4. The van der Waals surface area contributed by atoms with E-state index in [0.29, 0.717) is 0 Å². The number of carbonyl (C=O) groups is 1. The Hall–Kier alpha value is -1.26. The Morgan fingerprint density at radius 3 is 2.48 bits per heavy atom. The van der Waals surface area contributed by atoms with Crippen LogP contribution in [0.1, 0.15) is 45.6 Å². The Labute approximate surface area is 158 Å². The Morgan fingerprint density at radius 2 is 1.88 bits per heavy atom. The predicted octanol–water partition coefficient (Wildman–Crippen LogP) is 3.63. The summed E-state index contributed by atoms with van der Waals surface area (Å²) >= 11 is 0. The van der Waals surface area contributed by atoms with Gasteiger partial charge in [0.1, 0.15) is 5.75 Å². The number of nitrogens with zero attached hydrogens (tertiary/aromatic N) is 1. The van der Waals surface area contributed by atoms with Crippen molar-refractivity contribution in [3.05, 3.63) is 29.8 Å². The Morgan fingerprint density at radius 1 is 1.24 bits per heavy atom. The molecule has 1 aromatic carbocycles. The van der Waals surface area contributed by atoms with Gasteiger partial charge in [0, 0.05) is 13.1 Å². The summed E-state index contributed by atoms with van der Waals surface area (Å²) in [7, 11) is 1.99. The Kier molecular flexibility index (Phi) is 8.74. The Bertz CT molecular complexity index is 535. The number of likely N-dealkylation sites (tertiary alicyclic amines) is 1. The molecular formula is C20H33ClN2O2. The number of benzene rings is 1. The molecule has 0 aliphatic carbocycles. The maximum Gasteiger partial charge on any atom is 0.260 e. The molecule has 1 aliphatic rings. The molecule has 0 atom stereocenters. The van der Waals surface area contributed by atoms with Crippen LogP contribution < -0.4 is 10.1 Å². The van der Waals surface area contributed by atoms with Gasteiger partial charge < -0.3 is 15.0 Å². The first kappa shape index (κ1) is 21.8. The number of piperidine rings is 1. The van der Waals surface area contributed by atoms with Gasteiger partial charge in [-0.1, -0.05) is 39.0 Å². The monoisotopic (exact) mass is 368 g/mol. The topological polar surface area (TPSA) is 41.6 Å². The summed E-state index contributed by atoms with van der Waals surface area (Å²) in [4.78, 5) is 14.4. The van der Waals surface area contributed by atoms with Crippen molar-refractivity contribution in [3.8, 4) is 5.75 Å². The smallest absolute Gasteiger partial charge is 0.260 e. The molecule has 0 unspecified atom stereocenters. The molecular weight excluding hydrogens is 336 g/mol. The highest BCUT2D eigenvalue weighted by Gasteiger charge is 2.24. The molecule has 25 heavy (non-hydrogen) atoms. The van der Waals surface area contributed by atoms with Gasteiger partial charge in [-0.05, 0) is 55.8 Å². The molecule has 1 aromatic rings. The second-order valence-electron chi connectivity index (χ2n) is 7.75. The average molecular weight is 369 g/mol. The lowest BCUT2D eigenvalue weighted by Crippen LogP contribution is -2.41. The molecule has 4 nitrogen and oxygen atoms in total. The molecule has 0 bridgehead atoms. The number of hydrogen-bond donors (Lipinski definition) is 1. The Balaban J connectivity index is 0.00000312. The van der Waals surface area contributed by atoms with Gasteiger partial charge in [-0.25, -0.2) is 0 Å². The minimum Gasteiger partial charge on any atom is -0.483 e. The van der Waals surface area contributed by atoms with Crippen LogP contribution in [0.5, 0.6) is 5.75 Å². The molecule has 0 saturated carbocycles. The van der Waals surface area contributed by atoms with Crippen LogP contribution in [0, 0.1) is 5.92 Å². The third-order valence-corrected chi connectivity index (χ3v) is 4.82. The van der Waals surface area contributed by atoms with E-state index in [-0.39, 0.29) is 30.3 Å². The van der Waals surface area contributed by atoms with E-state index in [9.17, 15) is 4.79 Å². The van der Waals surface area contributed by atoms with Gasteiger partial charge in [0.15, 0.2) is 6.61 Å². The van der Waals surface area contributed by atoms with Crippen LogP contribution in [-0.4, -0.2) is 44.1 Å². The second kappa shape index (κ2) is 10.0. The highest BCUT2D eigenvalue weighted by Crippen LogP contribution is 2.31. The highest BCUT2D eigenvalue weighted by molar-refractivity contribution is 5.85. The van der Waals surface area contributed by atoms with Gasteiger partial charge in [-0.15, -0.1) is 12.4 Å². The number of ether oxygens (including phenoxy) is 1. The summed E-state index contributed by atoms with van der Waals surface area (Å²) in [5, 5.41) is 3.20. The number of amides is 1. The van der Waals surface area contributed by atoms with Gasteiger partial charge in [-0.2, -0.15) is 0 Å². The lowest BCUT2D eigenvalue weighted by atomic mass is 9.86. The fourth-order valence-corrected chi connectivity index (χ4v) is 3.26. The number of carbonyl (C=O) groups excluding carboxylic acids is 1. The SMILES string of the molecule is CNCCC1CCN(C(=O)COc2ccccc2C(C)(C)C)CC1.Cl. The van der Waals surface area contributed by atoms with E-state index >= 15 is 0 Å². The van der Waals surface area contributed by atoms with Crippen molar-refractivity contribution >= 4 is 18.3 Å². The summed E-state index contributed by atoms with van der Waals surface area (Å²) in [6.07, 6.45) is 3.41. The summed E-state index contributed by atoms with van der Waals surface area (Å²) in [6.45, 7) is 9.39. The molecule has 0 spiro atoms. The quantitative estimate of drug-likeness (QED) is 0.833. The lowest BCUT2D eigenvalue weighted by molar-refractivity contribution is -0.134. The molecule has 2 rings (SSSR count). The summed E-state index contributed by atoms with van der Waals surface area (Å²) < 4.78 is 5.87. The summed E-state index contributed by atoms with van der Waals surface area (Å²) in [6, 6.07) is 8.01. The molecule has 1 heterocycles. The third-order valence-electron chi connectivity index (χ3n) is 4.82. The van der Waals surface area contributed by atoms with Crippen LogP contribution in [-0.2, 0) is 10.2 Å². The van der Waals surface area contributed by atoms with Crippen molar-refractivity contribution < 1.29 is 9.53 Å². The number of halogens is 1. The first-order valence-electron chi connectivity index (χ1n) is 9.06. The predicted molar refractivity (Wildman–Crippen MR) is 106 cm³/mol. The largest absolute Gasteiger partial charge is 0.483 e. The first-order chi connectivity index (χ1) is 11.4. The zero-order valence-corrected chi connectivity index (χ0v) is 16.8. The molecule has 0 radical (unpaired) electrons. The van der Waals surface area contributed by atoms with Crippen molar-refractivity contribution in [2.75, 3.05) is 33.3 Å². The van der Waals surface area contributed by atoms with Crippen LogP contribution in [0.3, 0.4) is 0 Å². The standard InChI is InChI=1S/C20H32N2O2.ClH/c1-20(2,3)17-7-5-6-8-18(17)24-15-19(23)22-13-10-16(11-14-22)9-12-21-4;/h5-8,16,21H,9-15H2,1-4H3;1H. The highest BCUT2D eigenvalue weighted by atomic mass is 35.5. The molecule has 0 aromatic heterocycles. The minimum atomic E-state index is 0. The van der Waals surface area contributed by atoms with E-state index in [1.54, 1.807) is 0 Å². The summed E-state index contributed by atoms with van der Waals surface area (Å²) in [5.74, 6) is 1.66. The van der Waals surface area contributed by atoms with Gasteiger partial charge in [0.05, 0.1) is 0 Å². The van der Waals surface area contributed by atoms with E-state index in [1.165, 1.54) is 6.42 Å². The third kappa shape index (κ3) is 6.52. The molecule has 142 valence electrons. The average Bonchev–Trinajstić information content (AvgIpc) is 2.57. The number of hydrogen-bond acceptors (Lipinski definition) is 3. The van der Waals surface area contributed by atoms with Crippen molar-refractivity contribution in [1.29, 1.82) is 0 Å². The molecule has 1 aliphatic heterocycles. The van der Waals surface area contributed by atoms with E-state index < -0.39 is 0 Å². The van der Waals surface area contributed by atoms with Crippen molar-refractivity contribution in [2.45, 2.75) is 45.4 Å². The van der Waals surface area contributed by atoms with Crippen LogP contribution in [0.25, 0.3) is 0 Å². The van der Waals surface area contributed by atoms with Crippen molar-refractivity contribution in [2.24, 2.45) is 5.92 Å². The fraction of sp³-hybridized carbons (Fsp3) is 0.650. The second-order valence-corrected chi connectivity index (χ2v) is 7.75. The van der Waals surface area contributed by atoms with E-state index in [4.69, 9.17) is 4.74 Å². The van der Waals surface area contributed by atoms with E-state index in [2.05, 4.69) is 32.2 Å². The van der Waals surface area contributed by atoms with Crippen LogP contribution in [0.2, 0.25) is 0 Å². The number of rotatable bonds is 6. The first-order valence-corrected chi connectivity index (χ1v) is 9.06. The molecule has 1 saturated heterocycles. The van der Waals surface area contributed by atoms with Crippen LogP contribution in [0.15, 0.2) is 24.3 Å². The van der Waals surface area contributed by atoms with Gasteiger partial charge in [0.25, 0.3) is 5.91 Å². The van der Waals surface area contributed by atoms with Gasteiger partial charge >= 0.3 is 0 Å². The van der Waals surface area contributed by atoms with Crippen molar-refractivity contribution in [1.82, 2.24) is 10.2 Å². The number of nitrogens with one attached hydrogen (secondary N) is 1. The normalized spacial score (nSPS) is 15.6. The number of para-hydroxylation sites is 1. The molecule has 5 heteroatoms. The van der Waals surface area contributed by atoms with Crippen molar-refractivity contribution in [3.63, 3.8) is 0 Å².